The number of nitrogens with one attached hydrogen (secondary N) is 1. The normalized spacial score (nSPS) is 10.1. The third kappa shape index (κ3) is 4.27. The van der Waals surface area contributed by atoms with Gasteiger partial charge in [0.25, 0.3) is 0 Å². The molecule has 0 unspecified atom stereocenters. The van der Waals surface area contributed by atoms with Gasteiger partial charge in [0.15, 0.2) is 0 Å². The van der Waals surface area contributed by atoms with Crippen LogP contribution in [0.5, 0.6) is 17.2 Å². The number of hydrogen-bond acceptors (Lipinski definition) is 3. The Balaban J connectivity index is 1.65. The summed E-state index contributed by atoms with van der Waals surface area (Å²) in [6.45, 7) is 0.728. The van der Waals surface area contributed by atoms with Gasteiger partial charge in [-0.05, 0) is 42.0 Å². The van der Waals surface area contributed by atoms with Crippen LogP contribution in [0.25, 0.3) is 0 Å². The van der Waals surface area contributed by atoms with Gasteiger partial charge in [-0.3, -0.25) is 0 Å². The summed E-state index contributed by atoms with van der Waals surface area (Å²) in [6.07, 6.45) is 0. The van der Waals surface area contributed by atoms with Crippen LogP contribution in [-0.4, -0.2) is 7.11 Å². The summed E-state index contributed by atoms with van der Waals surface area (Å²) >= 11 is 0. The molecule has 3 aromatic rings. The molecule has 1 N–H and O–H groups in total. The minimum Gasteiger partial charge on any atom is -0.497 e. The predicted octanol–water partition coefficient (Wildman–Crippen LogP) is 5.10. The number of rotatable bonds is 6. The van der Waals surface area contributed by atoms with E-state index >= 15 is 0 Å². The Bertz CT molecular complexity index is 756. The average Bonchev–Trinajstić information content (AvgIpc) is 2.61. The van der Waals surface area contributed by atoms with Gasteiger partial charge in [-0.2, -0.15) is 0 Å². The summed E-state index contributed by atoms with van der Waals surface area (Å²) in [7, 11) is 1.68. The molecule has 23 heavy (non-hydrogen) atoms. The molecule has 0 fully saturated rings. The van der Waals surface area contributed by atoms with Gasteiger partial charge in [0.2, 0.25) is 0 Å². The fourth-order valence-corrected chi connectivity index (χ4v) is 2.28. The van der Waals surface area contributed by atoms with Gasteiger partial charge in [-0.25, -0.2) is 0 Å². The zero-order valence-electron chi connectivity index (χ0n) is 13.0. The molecule has 0 aliphatic heterocycles. The van der Waals surface area contributed by atoms with Crippen molar-refractivity contribution in [1.82, 2.24) is 0 Å². The van der Waals surface area contributed by atoms with E-state index in [2.05, 4.69) is 11.4 Å². The highest BCUT2D eigenvalue weighted by Crippen LogP contribution is 2.24. The van der Waals surface area contributed by atoms with Crippen molar-refractivity contribution in [3.05, 3.63) is 84.4 Å². The molecule has 0 aliphatic rings. The quantitative estimate of drug-likeness (QED) is 0.687. The molecule has 3 aromatic carbocycles. The highest BCUT2D eigenvalue weighted by atomic mass is 16.5. The van der Waals surface area contributed by atoms with Crippen LogP contribution in [0.1, 0.15) is 5.56 Å². The third-order valence-electron chi connectivity index (χ3n) is 3.44. The molecule has 3 heteroatoms. The van der Waals surface area contributed by atoms with Crippen molar-refractivity contribution in [2.75, 3.05) is 12.4 Å². The summed E-state index contributed by atoms with van der Waals surface area (Å²) in [6, 6.07) is 25.7. The Morgan fingerprint density at radius 3 is 2.30 bits per heavy atom. The van der Waals surface area contributed by atoms with Crippen LogP contribution >= 0.6 is 0 Å². The Morgan fingerprint density at radius 1 is 0.739 bits per heavy atom. The average molecular weight is 305 g/mol. The lowest BCUT2D eigenvalue weighted by molar-refractivity contribution is 0.414. The maximum Gasteiger partial charge on any atom is 0.129 e. The molecule has 0 spiro atoms. The summed E-state index contributed by atoms with van der Waals surface area (Å²) in [5.74, 6) is 2.51. The molecule has 116 valence electrons. The lowest BCUT2D eigenvalue weighted by atomic mass is 10.2. The maximum absolute atomic E-state index is 5.85. The smallest absolute Gasteiger partial charge is 0.129 e. The molecule has 0 amide bonds. The molecule has 0 radical (unpaired) electrons. The SMILES string of the molecule is COc1cccc(CNc2cccc(Oc3ccccc3)c2)c1. The second-order valence-electron chi connectivity index (χ2n) is 5.15. The fourth-order valence-electron chi connectivity index (χ4n) is 2.28. The van der Waals surface area contributed by atoms with Crippen LogP contribution in [0.2, 0.25) is 0 Å². The van der Waals surface area contributed by atoms with E-state index in [1.807, 2.05) is 72.8 Å². The Kier molecular flexibility index (Phi) is 4.79. The topological polar surface area (TPSA) is 30.5 Å². The van der Waals surface area contributed by atoms with E-state index in [0.717, 1.165) is 29.5 Å². The van der Waals surface area contributed by atoms with Gasteiger partial charge in [0, 0.05) is 18.3 Å². The van der Waals surface area contributed by atoms with E-state index in [1.54, 1.807) is 7.11 Å². The van der Waals surface area contributed by atoms with E-state index in [4.69, 9.17) is 9.47 Å². The first kappa shape index (κ1) is 15.0. The molecule has 0 aromatic heterocycles. The molecule has 0 aliphatic carbocycles. The number of hydrogen-bond donors (Lipinski definition) is 1. The van der Waals surface area contributed by atoms with E-state index < -0.39 is 0 Å². The maximum atomic E-state index is 5.85. The number of benzene rings is 3. The van der Waals surface area contributed by atoms with Crippen molar-refractivity contribution in [1.29, 1.82) is 0 Å². The second kappa shape index (κ2) is 7.36. The predicted molar refractivity (Wildman–Crippen MR) is 93.3 cm³/mol. The van der Waals surface area contributed by atoms with Crippen molar-refractivity contribution in [3.63, 3.8) is 0 Å². The highest BCUT2D eigenvalue weighted by Gasteiger charge is 2.00. The van der Waals surface area contributed by atoms with Crippen molar-refractivity contribution in [2.24, 2.45) is 0 Å². The summed E-state index contributed by atoms with van der Waals surface area (Å²) in [4.78, 5) is 0. The first-order valence-corrected chi connectivity index (χ1v) is 7.53. The first-order valence-electron chi connectivity index (χ1n) is 7.53. The van der Waals surface area contributed by atoms with Crippen molar-refractivity contribution < 1.29 is 9.47 Å². The van der Waals surface area contributed by atoms with Gasteiger partial charge in [0.05, 0.1) is 7.11 Å². The van der Waals surface area contributed by atoms with Gasteiger partial charge in [0.1, 0.15) is 17.2 Å². The molecule has 3 nitrogen and oxygen atoms in total. The summed E-state index contributed by atoms with van der Waals surface area (Å²) in [5.41, 5.74) is 2.18. The Labute approximate surface area is 136 Å². The standard InChI is InChI=1S/C20H19NO2/c1-22-19-11-5-7-16(13-19)15-21-17-8-6-12-20(14-17)23-18-9-3-2-4-10-18/h2-14,21H,15H2,1H3. The number of methoxy groups -OCH3 is 1. The molecular formula is C20H19NO2. The van der Waals surface area contributed by atoms with Crippen LogP contribution in [-0.2, 0) is 6.54 Å². The van der Waals surface area contributed by atoms with Gasteiger partial charge in [-0.15, -0.1) is 0 Å². The van der Waals surface area contributed by atoms with E-state index in [9.17, 15) is 0 Å². The van der Waals surface area contributed by atoms with E-state index in [1.165, 1.54) is 5.56 Å². The van der Waals surface area contributed by atoms with Gasteiger partial charge >= 0.3 is 0 Å². The van der Waals surface area contributed by atoms with Crippen molar-refractivity contribution >= 4 is 5.69 Å². The van der Waals surface area contributed by atoms with Crippen LogP contribution in [0, 0.1) is 0 Å². The molecular weight excluding hydrogens is 286 g/mol. The van der Waals surface area contributed by atoms with E-state index in [0.29, 0.717) is 0 Å². The molecule has 0 atom stereocenters. The molecule has 0 saturated carbocycles. The largest absolute Gasteiger partial charge is 0.497 e. The third-order valence-corrected chi connectivity index (χ3v) is 3.44. The van der Waals surface area contributed by atoms with Crippen molar-refractivity contribution in [3.8, 4) is 17.2 Å². The van der Waals surface area contributed by atoms with Crippen molar-refractivity contribution in [2.45, 2.75) is 6.54 Å². The minimum absolute atomic E-state index is 0.728. The number of anilines is 1. The lowest BCUT2D eigenvalue weighted by Crippen LogP contribution is -1.99. The van der Waals surface area contributed by atoms with Crippen LogP contribution in [0.4, 0.5) is 5.69 Å². The monoisotopic (exact) mass is 305 g/mol. The molecule has 0 saturated heterocycles. The Morgan fingerprint density at radius 2 is 1.48 bits per heavy atom. The second-order valence-corrected chi connectivity index (χ2v) is 5.15. The number of para-hydroxylation sites is 1. The van der Waals surface area contributed by atoms with E-state index in [-0.39, 0.29) is 0 Å². The van der Waals surface area contributed by atoms with Crippen LogP contribution < -0.4 is 14.8 Å². The fraction of sp³-hybridized carbons (Fsp3) is 0.100. The van der Waals surface area contributed by atoms with Crippen LogP contribution in [0.3, 0.4) is 0 Å². The number of ether oxygens (including phenoxy) is 2. The summed E-state index contributed by atoms with van der Waals surface area (Å²) < 4.78 is 11.1. The van der Waals surface area contributed by atoms with Gasteiger partial charge in [-0.1, -0.05) is 36.4 Å². The minimum atomic E-state index is 0.728. The molecule has 0 heterocycles. The first-order chi connectivity index (χ1) is 11.3. The molecule has 0 bridgehead atoms. The zero-order chi connectivity index (χ0) is 15.9. The lowest BCUT2D eigenvalue weighted by Gasteiger charge is -2.10. The van der Waals surface area contributed by atoms with Crippen LogP contribution in [0.15, 0.2) is 78.9 Å². The zero-order valence-corrected chi connectivity index (χ0v) is 13.0. The van der Waals surface area contributed by atoms with Gasteiger partial charge < -0.3 is 14.8 Å². The Hall–Kier alpha value is -2.94. The highest BCUT2D eigenvalue weighted by molar-refractivity contribution is 5.49. The molecule has 3 rings (SSSR count). The summed E-state index contributed by atoms with van der Waals surface area (Å²) in [5, 5.41) is 3.40.